The van der Waals surface area contributed by atoms with Crippen molar-refractivity contribution >= 4 is 59.3 Å². The molecule has 0 aliphatic carbocycles. The van der Waals surface area contributed by atoms with Crippen LogP contribution in [0, 0.1) is 11.3 Å². The normalized spacial score (nSPS) is 14.2. The molecule has 2 rings (SSSR count). The van der Waals surface area contributed by atoms with E-state index in [0.29, 0.717) is 11.1 Å². The molecule has 344 valence electrons. The molecule has 0 unspecified atom stereocenters. The van der Waals surface area contributed by atoms with Gasteiger partial charge in [-0.15, -0.1) is 0 Å². The van der Waals surface area contributed by atoms with Crippen molar-refractivity contribution < 1.29 is 58.5 Å². The summed E-state index contributed by atoms with van der Waals surface area (Å²) >= 11 is 0. The average molecular weight is 883 g/mol. The van der Waals surface area contributed by atoms with Gasteiger partial charge in [0.1, 0.15) is 36.3 Å². The minimum Gasteiger partial charge on any atom is -0.481 e. The highest BCUT2D eigenvalue weighted by Crippen LogP contribution is 2.10. The van der Waals surface area contributed by atoms with Gasteiger partial charge in [-0.3, -0.25) is 43.8 Å². The number of carboxylic acids is 3. The van der Waals surface area contributed by atoms with Gasteiger partial charge in [-0.05, 0) is 43.2 Å². The molecular formula is C41H58N10O12. The highest BCUT2D eigenvalue weighted by molar-refractivity contribution is 5.98. The minimum absolute atomic E-state index is 0.0515. The third-order valence-corrected chi connectivity index (χ3v) is 9.50. The van der Waals surface area contributed by atoms with E-state index in [9.17, 15) is 58.5 Å². The van der Waals surface area contributed by atoms with Crippen molar-refractivity contribution in [3.8, 4) is 0 Å². The van der Waals surface area contributed by atoms with Gasteiger partial charge in [0.15, 0.2) is 5.96 Å². The maximum Gasteiger partial charge on any atom is 0.326 e. The van der Waals surface area contributed by atoms with Crippen LogP contribution in [0.25, 0.3) is 0 Å². The lowest BCUT2D eigenvalue weighted by Crippen LogP contribution is -2.60. The van der Waals surface area contributed by atoms with Gasteiger partial charge in [0, 0.05) is 25.8 Å². The zero-order valence-corrected chi connectivity index (χ0v) is 35.2. The Balaban J connectivity index is 2.35. The number of hydrogen-bond donors (Lipinski definition) is 13. The molecule has 63 heavy (non-hydrogen) atoms. The molecule has 0 heterocycles. The molecule has 0 radical (unpaired) electrons. The Morgan fingerprint density at radius 3 is 1.49 bits per heavy atom. The summed E-state index contributed by atoms with van der Waals surface area (Å²) < 4.78 is 0. The van der Waals surface area contributed by atoms with Crippen LogP contribution in [0.1, 0.15) is 64.0 Å². The second-order valence-electron chi connectivity index (χ2n) is 15.0. The van der Waals surface area contributed by atoms with E-state index in [1.807, 2.05) is 0 Å². The highest BCUT2D eigenvalue weighted by Gasteiger charge is 2.34. The number of carbonyl (C=O) groups is 9. The monoisotopic (exact) mass is 882 g/mol. The molecule has 22 nitrogen and oxygen atoms in total. The lowest BCUT2D eigenvalue weighted by Gasteiger charge is -2.27. The summed E-state index contributed by atoms with van der Waals surface area (Å²) in [4.78, 5) is 116. The van der Waals surface area contributed by atoms with Crippen LogP contribution in [0.4, 0.5) is 0 Å². The number of guanidine groups is 1. The van der Waals surface area contributed by atoms with Crippen LogP contribution < -0.4 is 48.7 Å². The van der Waals surface area contributed by atoms with Crippen LogP contribution >= 0.6 is 0 Å². The molecule has 15 N–H and O–H groups in total. The Bertz CT molecular complexity index is 1920. The first-order valence-corrected chi connectivity index (χ1v) is 20.1. The second-order valence-corrected chi connectivity index (χ2v) is 15.0. The first-order valence-electron chi connectivity index (χ1n) is 20.1. The lowest BCUT2D eigenvalue weighted by molar-refractivity contribution is -0.142. The predicted molar refractivity (Wildman–Crippen MR) is 226 cm³/mol. The maximum atomic E-state index is 13.8. The molecule has 0 saturated carbocycles. The first kappa shape index (κ1) is 52.0. The number of rotatable bonds is 27. The molecule has 0 bridgehead atoms. The van der Waals surface area contributed by atoms with Crippen LogP contribution in [0.3, 0.4) is 0 Å². The van der Waals surface area contributed by atoms with E-state index in [-0.39, 0.29) is 44.1 Å². The minimum atomic E-state index is -1.90. The van der Waals surface area contributed by atoms with Crippen molar-refractivity contribution in [2.45, 2.75) is 108 Å². The largest absolute Gasteiger partial charge is 0.481 e. The molecule has 0 aliphatic rings. The van der Waals surface area contributed by atoms with Crippen LogP contribution in [-0.4, -0.2) is 123 Å². The van der Waals surface area contributed by atoms with Gasteiger partial charge in [-0.25, -0.2) is 4.79 Å². The van der Waals surface area contributed by atoms with E-state index in [1.165, 1.54) is 6.92 Å². The summed E-state index contributed by atoms with van der Waals surface area (Å²) in [6, 6.07) is 6.63. The van der Waals surface area contributed by atoms with Crippen LogP contribution in [0.15, 0.2) is 60.7 Å². The predicted octanol–water partition coefficient (Wildman–Crippen LogP) is -1.93. The number of amides is 6. The Labute approximate surface area is 363 Å². The van der Waals surface area contributed by atoms with Crippen LogP contribution in [0.5, 0.6) is 0 Å². The first-order chi connectivity index (χ1) is 29.7. The quantitative estimate of drug-likeness (QED) is 0.0264. The fourth-order valence-electron chi connectivity index (χ4n) is 5.89. The molecule has 6 amide bonds. The molecular weight excluding hydrogens is 825 g/mol. The molecule has 22 heteroatoms. The van der Waals surface area contributed by atoms with Crippen LogP contribution in [0.2, 0.25) is 0 Å². The number of nitrogens with one attached hydrogen (secondary N) is 8. The second kappa shape index (κ2) is 26.3. The van der Waals surface area contributed by atoms with Gasteiger partial charge in [0.2, 0.25) is 35.4 Å². The van der Waals surface area contributed by atoms with Crippen molar-refractivity contribution in [1.29, 1.82) is 5.41 Å². The van der Waals surface area contributed by atoms with Crippen molar-refractivity contribution in [1.82, 2.24) is 37.2 Å². The molecule has 0 aromatic heterocycles. The van der Waals surface area contributed by atoms with Crippen molar-refractivity contribution in [3.63, 3.8) is 0 Å². The average Bonchev–Trinajstić information content (AvgIpc) is 3.22. The van der Waals surface area contributed by atoms with Gasteiger partial charge in [0.25, 0.3) is 0 Å². The fourth-order valence-corrected chi connectivity index (χ4v) is 5.89. The lowest BCUT2D eigenvalue weighted by atomic mass is 10.0. The number of nitrogens with two attached hydrogens (primary N) is 2. The number of aliphatic carboxylic acids is 3. The highest BCUT2D eigenvalue weighted by atomic mass is 16.4. The van der Waals surface area contributed by atoms with Crippen molar-refractivity contribution in [2.75, 3.05) is 6.54 Å². The zero-order chi connectivity index (χ0) is 47.2. The molecule has 7 atom stereocenters. The Morgan fingerprint density at radius 1 is 0.571 bits per heavy atom. The third-order valence-electron chi connectivity index (χ3n) is 9.50. The summed E-state index contributed by atoms with van der Waals surface area (Å²) in [7, 11) is 0. The molecule has 0 fully saturated rings. The van der Waals surface area contributed by atoms with Gasteiger partial charge in [-0.1, -0.05) is 74.5 Å². The van der Waals surface area contributed by atoms with Gasteiger partial charge in [-0.2, -0.15) is 0 Å². The number of carboxylic acid groups (broad SMARTS) is 3. The zero-order valence-electron chi connectivity index (χ0n) is 35.2. The number of benzene rings is 2. The molecule has 0 spiro atoms. The summed E-state index contributed by atoms with van der Waals surface area (Å²) in [5.41, 5.74) is 12.4. The summed E-state index contributed by atoms with van der Waals surface area (Å²) in [6.45, 7) is 4.82. The van der Waals surface area contributed by atoms with Gasteiger partial charge in [0.05, 0.1) is 12.5 Å². The van der Waals surface area contributed by atoms with E-state index < -0.39 is 115 Å². The van der Waals surface area contributed by atoms with E-state index in [2.05, 4.69) is 37.2 Å². The molecule has 0 saturated heterocycles. The summed E-state index contributed by atoms with van der Waals surface area (Å²) in [5.74, 6) is -10.7. The van der Waals surface area contributed by atoms with Crippen molar-refractivity contribution in [2.24, 2.45) is 17.4 Å². The van der Waals surface area contributed by atoms with E-state index >= 15 is 0 Å². The van der Waals surface area contributed by atoms with Gasteiger partial charge < -0.3 is 64.0 Å². The van der Waals surface area contributed by atoms with E-state index in [4.69, 9.17) is 16.9 Å². The smallest absolute Gasteiger partial charge is 0.326 e. The maximum absolute atomic E-state index is 13.8. The summed E-state index contributed by atoms with van der Waals surface area (Å²) in [6.07, 6.45) is -2.32. The van der Waals surface area contributed by atoms with E-state index in [1.54, 1.807) is 74.5 Å². The molecule has 2 aromatic rings. The Morgan fingerprint density at radius 2 is 1.02 bits per heavy atom. The Kier molecular flexibility index (Phi) is 21.7. The topological polar surface area (TPSA) is 374 Å². The molecule has 0 aliphatic heterocycles. The van der Waals surface area contributed by atoms with E-state index in [0.717, 1.165) is 0 Å². The molecule has 2 aromatic carbocycles. The number of hydrogen-bond acceptors (Lipinski definition) is 11. The van der Waals surface area contributed by atoms with Gasteiger partial charge >= 0.3 is 17.9 Å². The number of carbonyl (C=O) groups excluding carboxylic acids is 6. The fraction of sp³-hybridized carbons (Fsp3) is 0.463. The summed E-state index contributed by atoms with van der Waals surface area (Å²) in [5, 5.41) is 52.9. The van der Waals surface area contributed by atoms with Crippen molar-refractivity contribution in [3.05, 3.63) is 71.8 Å². The standard InChI is InChI=1S/C41H58N10O12/c1-22(2)33(42)39(61)51-29(20-25-13-8-5-9-14-25)37(59)47-26(16-17-31(52)53)35(57)50-30(21-32(54)55)38(60)49-28(19-24-11-6-4-7-12-24)36(58)46-23(3)34(56)48-27(40(62)63)15-10-18-45-41(43)44/h4-9,11-14,22-23,26-30,33H,10,15-21,42H2,1-3H3,(H,46,58)(H,47,59)(H,48,56)(H,49,60)(H,50,57)(H,51,61)(H,52,53)(H,54,55)(H,62,63)(H4,43,44,45)/t23-,26-,27-,28-,29-,30-,33-/m0/s1. The van der Waals surface area contributed by atoms with Crippen LogP contribution in [-0.2, 0) is 56.0 Å². The third kappa shape index (κ3) is 19.4. The SMILES string of the molecule is CC(C)[C@H](N)C(=O)N[C@@H](Cc1ccccc1)C(=O)N[C@@H](CCC(=O)O)C(=O)N[C@@H](CC(=O)O)C(=O)N[C@@H](Cc1ccccc1)C(=O)N[C@@H](C)C(=O)N[C@@H](CCCNC(=N)N)C(=O)O. The Hall–Kier alpha value is -7.10.